The van der Waals surface area contributed by atoms with Crippen LogP contribution in [-0.4, -0.2) is 37.1 Å². The average Bonchev–Trinajstić information content (AvgIpc) is 3.24. The molecule has 0 radical (unpaired) electrons. The molecule has 0 unspecified atom stereocenters. The van der Waals surface area contributed by atoms with E-state index in [1.54, 1.807) is 24.5 Å². The largest absolute Gasteiger partial charge is 0.481 e. The molecule has 0 amide bonds. The van der Waals surface area contributed by atoms with Crippen molar-refractivity contribution in [2.24, 2.45) is 5.92 Å². The number of ether oxygens (including phenoxy) is 1. The lowest BCUT2D eigenvalue weighted by molar-refractivity contribution is -0.138. The molecule has 2 heterocycles. The normalized spacial score (nSPS) is 18.3. The van der Waals surface area contributed by atoms with Crippen LogP contribution in [0.25, 0.3) is 33.7 Å². The van der Waals surface area contributed by atoms with Crippen LogP contribution in [0.5, 0.6) is 5.88 Å². The third kappa shape index (κ3) is 4.69. The molecule has 0 aliphatic heterocycles. The first-order valence-electron chi connectivity index (χ1n) is 11.0. The summed E-state index contributed by atoms with van der Waals surface area (Å²) >= 11 is 0. The van der Waals surface area contributed by atoms with Crippen LogP contribution in [0.1, 0.15) is 32.1 Å². The fourth-order valence-corrected chi connectivity index (χ4v) is 4.34. The molecule has 2 aromatic heterocycles. The van der Waals surface area contributed by atoms with Gasteiger partial charge in [0.2, 0.25) is 5.88 Å². The number of H-pyrrole nitrogens is 1. The topological polar surface area (TPSA) is 101 Å². The Morgan fingerprint density at radius 1 is 1.09 bits per heavy atom. The second-order valence-corrected chi connectivity index (χ2v) is 8.40. The zero-order valence-electron chi connectivity index (χ0n) is 17.9. The molecule has 33 heavy (non-hydrogen) atoms. The van der Waals surface area contributed by atoms with Crippen LogP contribution in [0.4, 0.5) is 4.39 Å². The number of para-hydroxylation sites is 2. The first kappa shape index (κ1) is 21.1. The van der Waals surface area contributed by atoms with E-state index in [2.05, 4.69) is 19.9 Å². The van der Waals surface area contributed by atoms with Gasteiger partial charge in [-0.25, -0.2) is 19.3 Å². The van der Waals surface area contributed by atoms with Crippen LogP contribution < -0.4 is 4.74 Å². The molecule has 1 saturated carbocycles. The lowest BCUT2D eigenvalue weighted by atomic mass is 9.85. The minimum atomic E-state index is -0.747. The van der Waals surface area contributed by atoms with Gasteiger partial charge in [-0.2, -0.15) is 0 Å². The van der Waals surface area contributed by atoms with E-state index in [-0.39, 0.29) is 18.4 Å². The Kier molecular flexibility index (Phi) is 5.73. The molecular weight excluding hydrogens is 423 g/mol. The van der Waals surface area contributed by atoms with Crippen molar-refractivity contribution in [1.82, 2.24) is 19.9 Å². The van der Waals surface area contributed by atoms with Gasteiger partial charge in [0.05, 0.1) is 34.7 Å². The van der Waals surface area contributed by atoms with Gasteiger partial charge in [-0.05, 0) is 55.9 Å². The van der Waals surface area contributed by atoms with Crippen LogP contribution in [0, 0.1) is 11.7 Å². The lowest BCUT2D eigenvalue weighted by Crippen LogP contribution is -2.25. The van der Waals surface area contributed by atoms with Gasteiger partial charge in [-0.1, -0.05) is 18.2 Å². The number of aliphatic carboxylic acids is 1. The number of nitrogens with one attached hydrogen (secondary N) is 1. The molecule has 2 aromatic carbocycles. The zero-order chi connectivity index (χ0) is 22.8. The number of rotatable bonds is 6. The third-order valence-electron chi connectivity index (χ3n) is 6.08. The van der Waals surface area contributed by atoms with E-state index in [1.165, 1.54) is 6.07 Å². The molecular formula is C25H23FN4O3. The number of benzene rings is 2. The van der Waals surface area contributed by atoms with Crippen LogP contribution in [0.3, 0.4) is 0 Å². The minimum Gasteiger partial charge on any atom is -0.481 e. The van der Waals surface area contributed by atoms with Crippen molar-refractivity contribution >= 4 is 17.0 Å². The Bertz CT molecular complexity index is 1250. The summed E-state index contributed by atoms with van der Waals surface area (Å²) < 4.78 is 20.8. The van der Waals surface area contributed by atoms with Crippen LogP contribution in [0.2, 0.25) is 0 Å². The molecule has 7 nitrogen and oxygen atoms in total. The number of hydrogen-bond donors (Lipinski definition) is 2. The molecule has 8 heteroatoms. The van der Waals surface area contributed by atoms with Crippen LogP contribution >= 0.6 is 0 Å². The number of carbonyl (C=O) groups is 1. The number of aromatic amines is 1. The van der Waals surface area contributed by atoms with Crippen molar-refractivity contribution in [3.8, 4) is 28.5 Å². The molecule has 5 rings (SSSR count). The van der Waals surface area contributed by atoms with E-state index in [4.69, 9.17) is 9.84 Å². The van der Waals surface area contributed by atoms with Crippen molar-refractivity contribution < 1.29 is 19.0 Å². The second kappa shape index (κ2) is 8.97. The highest BCUT2D eigenvalue weighted by atomic mass is 19.1. The zero-order valence-corrected chi connectivity index (χ0v) is 17.9. The molecule has 0 spiro atoms. The molecule has 0 saturated heterocycles. The van der Waals surface area contributed by atoms with Gasteiger partial charge in [0.1, 0.15) is 17.7 Å². The lowest BCUT2D eigenvalue weighted by Gasteiger charge is -2.27. The molecule has 1 aliphatic rings. The van der Waals surface area contributed by atoms with Crippen molar-refractivity contribution in [3.05, 3.63) is 60.7 Å². The van der Waals surface area contributed by atoms with Gasteiger partial charge >= 0.3 is 5.97 Å². The van der Waals surface area contributed by atoms with E-state index in [1.807, 2.05) is 24.3 Å². The summed E-state index contributed by atoms with van der Waals surface area (Å²) in [5, 5.41) is 8.93. The monoisotopic (exact) mass is 446 g/mol. The van der Waals surface area contributed by atoms with Crippen molar-refractivity contribution in [2.75, 3.05) is 0 Å². The van der Waals surface area contributed by atoms with Crippen molar-refractivity contribution in [3.63, 3.8) is 0 Å². The number of fused-ring (bicyclic) bond motifs is 1. The predicted octanol–water partition coefficient (Wildman–Crippen LogP) is 5.24. The van der Waals surface area contributed by atoms with E-state index in [0.717, 1.165) is 36.7 Å². The molecule has 0 atom stereocenters. The minimum absolute atomic E-state index is 0.00994. The number of imidazole rings is 1. The Morgan fingerprint density at radius 3 is 2.61 bits per heavy atom. The number of carboxylic acid groups (broad SMARTS) is 1. The molecule has 4 aromatic rings. The third-order valence-corrected chi connectivity index (χ3v) is 6.08. The first-order valence-corrected chi connectivity index (χ1v) is 11.0. The van der Waals surface area contributed by atoms with Gasteiger partial charge in [0.25, 0.3) is 0 Å². The van der Waals surface area contributed by atoms with Gasteiger partial charge in [-0.3, -0.25) is 4.79 Å². The number of carboxylic acids is 1. The number of halogens is 1. The summed E-state index contributed by atoms with van der Waals surface area (Å²) in [4.78, 5) is 27.2. The quantitative estimate of drug-likeness (QED) is 0.420. The maximum atomic E-state index is 14.9. The summed E-state index contributed by atoms with van der Waals surface area (Å²) in [6.07, 6.45) is 6.61. The fourth-order valence-electron chi connectivity index (χ4n) is 4.34. The Balaban J connectivity index is 1.25. The van der Waals surface area contributed by atoms with E-state index in [9.17, 15) is 9.18 Å². The number of aromatic nitrogens is 4. The Hall–Kier alpha value is -3.81. The summed E-state index contributed by atoms with van der Waals surface area (Å²) in [5.74, 6) is -0.0316. The average molecular weight is 446 g/mol. The van der Waals surface area contributed by atoms with E-state index in [0.29, 0.717) is 28.5 Å². The maximum absolute atomic E-state index is 14.9. The first-order chi connectivity index (χ1) is 16.0. The second-order valence-electron chi connectivity index (χ2n) is 8.40. The highest BCUT2D eigenvalue weighted by Gasteiger charge is 2.24. The van der Waals surface area contributed by atoms with Gasteiger partial charge < -0.3 is 14.8 Å². The van der Waals surface area contributed by atoms with Crippen molar-refractivity contribution in [2.45, 2.75) is 38.2 Å². The number of nitrogens with zero attached hydrogens (tertiary/aromatic N) is 3. The predicted molar refractivity (Wildman–Crippen MR) is 121 cm³/mol. The fraction of sp³-hybridized carbons (Fsp3) is 0.280. The summed E-state index contributed by atoms with van der Waals surface area (Å²) in [6, 6.07) is 12.5. The smallest absolute Gasteiger partial charge is 0.303 e. The van der Waals surface area contributed by atoms with Crippen LogP contribution in [0.15, 0.2) is 54.9 Å². The Labute approximate surface area is 189 Å². The summed E-state index contributed by atoms with van der Waals surface area (Å²) in [5.41, 5.74) is 3.19. The number of hydrogen-bond acceptors (Lipinski definition) is 5. The van der Waals surface area contributed by atoms with E-state index >= 15 is 0 Å². The van der Waals surface area contributed by atoms with Gasteiger partial charge in [0.15, 0.2) is 0 Å². The van der Waals surface area contributed by atoms with Crippen molar-refractivity contribution in [1.29, 1.82) is 0 Å². The summed E-state index contributed by atoms with van der Waals surface area (Å²) in [7, 11) is 0. The highest BCUT2D eigenvalue weighted by molar-refractivity contribution is 5.79. The molecule has 168 valence electrons. The van der Waals surface area contributed by atoms with Gasteiger partial charge in [-0.15, -0.1) is 0 Å². The maximum Gasteiger partial charge on any atom is 0.303 e. The Morgan fingerprint density at radius 2 is 1.91 bits per heavy atom. The van der Waals surface area contributed by atoms with Gasteiger partial charge in [0, 0.05) is 12.0 Å². The van der Waals surface area contributed by atoms with E-state index < -0.39 is 11.8 Å². The standard InChI is InChI=1S/C25H23FN4O3/c26-19-12-16(7-10-18(19)25-29-20-3-1-2-4-21(20)30-25)22-13-28-23(14-27-22)33-17-8-5-15(6-9-17)11-24(31)32/h1-4,7,10,12-15,17H,5-6,8-9,11H2,(H,29,30)(H,31,32)/t15-,17+. The molecule has 0 bridgehead atoms. The highest BCUT2D eigenvalue weighted by Crippen LogP contribution is 2.30. The molecule has 2 N–H and O–H groups in total. The SMILES string of the molecule is O=C(O)C[C@H]1CC[C@@H](Oc2cnc(-c3ccc(-c4nc5ccccc5[nH]4)c(F)c3)cn2)CC1. The van der Waals surface area contributed by atoms with Crippen LogP contribution in [-0.2, 0) is 4.79 Å². The molecule has 1 aliphatic carbocycles. The summed E-state index contributed by atoms with van der Waals surface area (Å²) in [6.45, 7) is 0. The molecule has 1 fully saturated rings.